The highest BCUT2D eigenvalue weighted by molar-refractivity contribution is 9.10. The minimum Gasteiger partial charge on any atom is -0.457 e. The second-order valence-electron chi connectivity index (χ2n) is 6.22. The Labute approximate surface area is 144 Å². The van der Waals surface area contributed by atoms with Gasteiger partial charge < -0.3 is 4.74 Å². The van der Waals surface area contributed by atoms with Crippen LogP contribution < -0.4 is 4.74 Å². The second kappa shape index (κ2) is 6.53. The van der Waals surface area contributed by atoms with Gasteiger partial charge in [-0.05, 0) is 47.7 Å². The molecule has 2 aromatic carbocycles. The van der Waals surface area contributed by atoms with Crippen molar-refractivity contribution in [3.63, 3.8) is 0 Å². The Kier molecular flexibility index (Phi) is 5.15. The van der Waals surface area contributed by atoms with Gasteiger partial charge in [0.1, 0.15) is 11.5 Å². The van der Waals surface area contributed by atoms with Gasteiger partial charge in [-0.15, -0.1) is 0 Å². The van der Waals surface area contributed by atoms with Crippen LogP contribution in [0.2, 0.25) is 0 Å². The molecule has 0 atom stereocenters. The third-order valence-electron chi connectivity index (χ3n) is 3.43. The fourth-order valence-corrected chi connectivity index (χ4v) is 2.95. The molecule has 21 heavy (non-hydrogen) atoms. The van der Waals surface area contributed by atoms with Gasteiger partial charge in [-0.25, -0.2) is 0 Å². The predicted molar refractivity (Wildman–Crippen MR) is 96.7 cm³/mol. The number of hydrogen-bond donors (Lipinski definition) is 0. The van der Waals surface area contributed by atoms with E-state index in [1.807, 2.05) is 12.1 Å². The molecule has 1 nitrogen and oxygen atoms in total. The van der Waals surface area contributed by atoms with E-state index in [4.69, 9.17) is 4.74 Å². The summed E-state index contributed by atoms with van der Waals surface area (Å²) in [5, 5.41) is 0.765. The van der Waals surface area contributed by atoms with Crippen LogP contribution >= 0.6 is 31.9 Å². The summed E-state index contributed by atoms with van der Waals surface area (Å²) in [6.45, 7) is 8.76. The lowest BCUT2D eigenvalue weighted by Crippen LogP contribution is -2.11. The Bertz CT molecular complexity index is 642. The van der Waals surface area contributed by atoms with E-state index in [1.165, 1.54) is 5.56 Å². The molecule has 0 radical (unpaired) electrons. The smallest absolute Gasteiger partial charge is 0.131 e. The third-order valence-corrected chi connectivity index (χ3v) is 4.52. The van der Waals surface area contributed by atoms with Gasteiger partial charge in [0.15, 0.2) is 0 Å². The average Bonchev–Trinajstić information content (AvgIpc) is 2.41. The van der Waals surface area contributed by atoms with Gasteiger partial charge in [0.2, 0.25) is 0 Å². The number of alkyl halides is 1. The molecule has 2 rings (SSSR count). The highest BCUT2D eigenvalue weighted by Gasteiger charge is 2.15. The Morgan fingerprint density at radius 2 is 1.67 bits per heavy atom. The van der Waals surface area contributed by atoms with Crippen LogP contribution in [0.25, 0.3) is 0 Å². The molecule has 2 aromatic rings. The second-order valence-corrected chi connectivity index (χ2v) is 7.69. The zero-order chi connectivity index (χ0) is 15.6. The fourth-order valence-electron chi connectivity index (χ4n) is 2.10. The summed E-state index contributed by atoms with van der Waals surface area (Å²) in [5.74, 6) is 1.80. The number of halogens is 2. The highest BCUT2D eigenvalue weighted by Crippen LogP contribution is 2.33. The Balaban J connectivity index is 2.32. The minimum absolute atomic E-state index is 0.155. The van der Waals surface area contributed by atoms with Crippen molar-refractivity contribution in [2.75, 3.05) is 0 Å². The molecule has 112 valence electrons. The summed E-state index contributed by atoms with van der Waals surface area (Å²) in [7, 11) is 0. The van der Waals surface area contributed by atoms with E-state index in [0.29, 0.717) is 0 Å². The molecule has 0 spiro atoms. The molecule has 0 aliphatic carbocycles. The molecule has 0 unspecified atom stereocenters. The van der Waals surface area contributed by atoms with Crippen molar-refractivity contribution in [2.24, 2.45) is 0 Å². The summed E-state index contributed by atoms with van der Waals surface area (Å²) in [6.07, 6.45) is 0. The number of ether oxygens (including phenoxy) is 1. The van der Waals surface area contributed by atoms with Crippen LogP contribution in [0.4, 0.5) is 0 Å². The standard InChI is InChI=1S/C18H20Br2O/c1-12-9-14(18(2,3)4)5-7-16(12)21-17-8-6-15(20)10-13(17)11-19/h5-10H,11H2,1-4H3. The van der Waals surface area contributed by atoms with Crippen LogP contribution in [0.15, 0.2) is 40.9 Å². The van der Waals surface area contributed by atoms with Crippen molar-refractivity contribution in [3.05, 3.63) is 57.6 Å². The van der Waals surface area contributed by atoms with Crippen molar-refractivity contribution in [1.82, 2.24) is 0 Å². The Morgan fingerprint density at radius 1 is 1.00 bits per heavy atom. The molecule has 0 N–H and O–H groups in total. The molecule has 0 saturated carbocycles. The summed E-state index contributed by atoms with van der Waals surface area (Å²) in [5.41, 5.74) is 3.76. The van der Waals surface area contributed by atoms with Crippen molar-refractivity contribution >= 4 is 31.9 Å². The van der Waals surface area contributed by atoms with Crippen molar-refractivity contribution in [2.45, 2.75) is 38.4 Å². The number of aryl methyl sites for hydroxylation is 1. The van der Waals surface area contributed by atoms with Gasteiger partial charge in [0.05, 0.1) is 0 Å². The normalized spacial score (nSPS) is 11.5. The monoisotopic (exact) mass is 410 g/mol. The number of hydrogen-bond acceptors (Lipinski definition) is 1. The van der Waals surface area contributed by atoms with Crippen LogP contribution in [-0.2, 0) is 10.7 Å². The number of benzene rings is 2. The molecular formula is C18H20Br2O. The Morgan fingerprint density at radius 3 is 2.24 bits per heavy atom. The first-order chi connectivity index (χ1) is 9.81. The lowest BCUT2D eigenvalue weighted by molar-refractivity contribution is 0.473. The first-order valence-corrected chi connectivity index (χ1v) is 8.86. The highest BCUT2D eigenvalue weighted by atomic mass is 79.9. The summed E-state index contributed by atoms with van der Waals surface area (Å²) in [4.78, 5) is 0. The largest absolute Gasteiger partial charge is 0.457 e. The van der Waals surface area contributed by atoms with E-state index in [2.05, 4.69) is 83.8 Å². The quantitative estimate of drug-likeness (QED) is 0.508. The van der Waals surface area contributed by atoms with Gasteiger partial charge in [0, 0.05) is 15.4 Å². The molecule has 0 aromatic heterocycles. The van der Waals surface area contributed by atoms with E-state index in [0.717, 1.165) is 32.4 Å². The van der Waals surface area contributed by atoms with Gasteiger partial charge in [0.25, 0.3) is 0 Å². The molecule has 0 amide bonds. The maximum Gasteiger partial charge on any atom is 0.131 e. The van der Waals surface area contributed by atoms with E-state index in [-0.39, 0.29) is 5.41 Å². The molecule has 3 heteroatoms. The van der Waals surface area contributed by atoms with E-state index in [1.54, 1.807) is 0 Å². The van der Waals surface area contributed by atoms with Gasteiger partial charge in [-0.1, -0.05) is 64.8 Å². The SMILES string of the molecule is Cc1cc(C(C)(C)C)ccc1Oc1ccc(Br)cc1CBr. The molecule has 0 bridgehead atoms. The molecule has 0 fully saturated rings. The van der Waals surface area contributed by atoms with Gasteiger partial charge in [-0.3, -0.25) is 0 Å². The Hall–Kier alpha value is -0.800. The maximum atomic E-state index is 6.10. The minimum atomic E-state index is 0.155. The van der Waals surface area contributed by atoms with Crippen molar-refractivity contribution < 1.29 is 4.74 Å². The first-order valence-electron chi connectivity index (χ1n) is 6.94. The fraction of sp³-hybridized carbons (Fsp3) is 0.333. The van der Waals surface area contributed by atoms with Crippen LogP contribution in [-0.4, -0.2) is 0 Å². The van der Waals surface area contributed by atoms with Crippen LogP contribution in [0.5, 0.6) is 11.5 Å². The number of rotatable bonds is 3. The lowest BCUT2D eigenvalue weighted by Gasteiger charge is -2.21. The maximum absolute atomic E-state index is 6.10. The summed E-state index contributed by atoms with van der Waals surface area (Å²) in [6, 6.07) is 12.5. The molecule has 0 aliphatic rings. The van der Waals surface area contributed by atoms with Crippen molar-refractivity contribution in [3.8, 4) is 11.5 Å². The first kappa shape index (κ1) is 16.6. The predicted octanol–water partition coefficient (Wildman–Crippen LogP) is 6.74. The molecular weight excluding hydrogens is 392 g/mol. The molecule has 0 aliphatic heterocycles. The summed E-state index contributed by atoms with van der Waals surface area (Å²) < 4.78 is 7.16. The molecule has 0 heterocycles. The van der Waals surface area contributed by atoms with Crippen LogP contribution in [0, 0.1) is 6.92 Å². The lowest BCUT2D eigenvalue weighted by atomic mass is 9.86. The van der Waals surface area contributed by atoms with E-state index >= 15 is 0 Å². The average molecular weight is 412 g/mol. The topological polar surface area (TPSA) is 9.23 Å². The van der Waals surface area contributed by atoms with E-state index in [9.17, 15) is 0 Å². The van der Waals surface area contributed by atoms with Crippen LogP contribution in [0.3, 0.4) is 0 Å². The third kappa shape index (κ3) is 4.10. The zero-order valence-electron chi connectivity index (χ0n) is 12.8. The molecule has 0 saturated heterocycles. The van der Waals surface area contributed by atoms with Crippen molar-refractivity contribution in [1.29, 1.82) is 0 Å². The zero-order valence-corrected chi connectivity index (χ0v) is 16.0. The van der Waals surface area contributed by atoms with Gasteiger partial charge >= 0.3 is 0 Å². The van der Waals surface area contributed by atoms with Gasteiger partial charge in [-0.2, -0.15) is 0 Å². The van der Waals surface area contributed by atoms with Crippen LogP contribution in [0.1, 0.15) is 37.5 Å². The van der Waals surface area contributed by atoms with E-state index < -0.39 is 0 Å². The summed E-state index contributed by atoms with van der Waals surface area (Å²) >= 11 is 7.00.